The first-order chi connectivity index (χ1) is 10.3. The number of carbonyl (C=O) groups is 2. The first kappa shape index (κ1) is 15.9. The van der Waals surface area contributed by atoms with E-state index in [2.05, 4.69) is 4.98 Å². The summed E-state index contributed by atoms with van der Waals surface area (Å²) in [5.74, 6) is -0.599. The van der Waals surface area contributed by atoms with Crippen LogP contribution in [-0.2, 0) is 4.74 Å². The molecule has 4 heteroatoms. The van der Waals surface area contributed by atoms with E-state index in [9.17, 15) is 9.59 Å². The number of methoxy groups -OCH3 is 1. The molecule has 0 spiro atoms. The molecule has 0 amide bonds. The Hall–Kier alpha value is -2.49. The highest BCUT2D eigenvalue weighted by molar-refractivity contribution is 6.02. The largest absolute Gasteiger partial charge is 0.464 e. The van der Waals surface area contributed by atoms with Crippen molar-refractivity contribution in [1.82, 2.24) is 4.98 Å². The van der Waals surface area contributed by atoms with Crippen LogP contribution in [0.25, 0.3) is 11.3 Å². The molecule has 1 aromatic heterocycles. The number of pyridine rings is 1. The Morgan fingerprint density at radius 3 is 2.23 bits per heavy atom. The fourth-order valence-corrected chi connectivity index (χ4v) is 2.06. The molecule has 2 aromatic rings. The molecule has 4 nitrogen and oxygen atoms in total. The van der Waals surface area contributed by atoms with Gasteiger partial charge in [-0.1, -0.05) is 51.1 Å². The van der Waals surface area contributed by atoms with Crippen LogP contribution < -0.4 is 0 Å². The number of ketones is 1. The predicted octanol–water partition coefficient (Wildman–Crippen LogP) is 3.76. The Balaban J connectivity index is 2.60. The molecule has 1 aromatic carbocycles. The average molecular weight is 297 g/mol. The molecule has 0 saturated carbocycles. The molecule has 114 valence electrons. The normalized spacial score (nSPS) is 11.1. The average Bonchev–Trinajstić information content (AvgIpc) is 2.52. The lowest BCUT2D eigenvalue weighted by molar-refractivity contribution is 0.0594. The molecule has 2 rings (SSSR count). The molecule has 0 atom stereocenters. The second kappa shape index (κ2) is 6.10. The van der Waals surface area contributed by atoms with Gasteiger partial charge in [0.05, 0.1) is 12.8 Å². The van der Waals surface area contributed by atoms with E-state index in [4.69, 9.17) is 4.74 Å². The SMILES string of the molecule is COC(=O)c1cc(C(=O)C(C)(C)C)cc(-c2ccccc2)n1. The molecular weight excluding hydrogens is 278 g/mol. The number of ether oxygens (including phenoxy) is 1. The maximum absolute atomic E-state index is 12.5. The molecular formula is C18H19NO3. The highest BCUT2D eigenvalue weighted by Gasteiger charge is 2.25. The van der Waals surface area contributed by atoms with Crippen LogP contribution in [0.15, 0.2) is 42.5 Å². The summed E-state index contributed by atoms with van der Waals surface area (Å²) in [7, 11) is 1.30. The Labute approximate surface area is 130 Å². The monoisotopic (exact) mass is 297 g/mol. The summed E-state index contributed by atoms with van der Waals surface area (Å²) in [6, 6.07) is 12.6. The molecule has 0 fully saturated rings. The van der Waals surface area contributed by atoms with Gasteiger partial charge in [0.2, 0.25) is 0 Å². The van der Waals surface area contributed by atoms with E-state index in [-0.39, 0.29) is 11.5 Å². The fraction of sp³-hybridized carbons (Fsp3) is 0.278. The fourth-order valence-electron chi connectivity index (χ4n) is 2.06. The quantitative estimate of drug-likeness (QED) is 0.639. The molecule has 22 heavy (non-hydrogen) atoms. The van der Waals surface area contributed by atoms with E-state index >= 15 is 0 Å². The lowest BCUT2D eigenvalue weighted by atomic mass is 9.86. The van der Waals surface area contributed by atoms with Gasteiger partial charge in [0, 0.05) is 16.5 Å². The summed E-state index contributed by atoms with van der Waals surface area (Å²) < 4.78 is 4.73. The molecule has 0 aliphatic rings. The molecule has 0 unspecified atom stereocenters. The van der Waals surface area contributed by atoms with E-state index < -0.39 is 11.4 Å². The summed E-state index contributed by atoms with van der Waals surface area (Å²) >= 11 is 0. The second-order valence-electron chi connectivity index (χ2n) is 6.06. The lowest BCUT2D eigenvalue weighted by Crippen LogP contribution is -2.21. The number of hydrogen-bond donors (Lipinski definition) is 0. The number of carbonyl (C=O) groups excluding carboxylic acids is 2. The minimum Gasteiger partial charge on any atom is -0.464 e. The number of hydrogen-bond acceptors (Lipinski definition) is 4. The zero-order valence-electron chi connectivity index (χ0n) is 13.2. The maximum atomic E-state index is 12.5. The zero-order chi connectivity index (χ0) is 16.3. The highest BCUT2D eigenvalue weighted by atomic mass is 16.5. The van der Waals surface area contributed by atoms with Gasteiger partial charge in [-0.2, -0.15) is 0 Å². The van der Waals surface area contributed by atoms with Gasteiger partial charge in [-0.15, -0.1) is 0 Å². The van der Waals surface area contributed by atoms with E-state index in [0.717, 1.165) is 5.56 Å². The van der Waals surface area contributed by atoms with Gasteiger partial charge in [0.15, 0.2) is 5.78 Å². The first-order valence-electron chi connectivity index (χ1n) is 7.03. The second-order valence-corrected chi connectivity index (χ2v) is 6.06. The molecule has 0 aliphatic carbocycles. The van der Waals surface area contributed by atoms with Crippen LogP contribution in [0, 0.1) is 5.41 Å². The van der Waals surface area contributed by atoms with Crippen LogP contribution in [0.3, 0.4) is 0 Å². The number of benzene rings is 1. The minimum atomic E-state index is -0.555. The van der Waals surface area contributed by atoms with Crippen molar-refractivity contribution < 1.29 is 14.3 Å². The Morgan fingerprint density at radius 2 is 1.68 bits per heavy atom. The van der Waals surface area contributed by atoms with E-state index in [1.54, 1.807) is 6.07 Å². The van der Waals surface area contributed by atoms with Gasteiger partial charge in [-0.05, 0) is 12.1 Å². The van der Waals surface area contributed by atoms with Crippen molar-refractivity contribution in [2.45, 2.75) is 20.8 Å². The zero-order valence-corrected chi connectivity index (χ0v) is 13.2. The predicted molar refractivity (Wildman–Crippen MR) is 84.8 cm³/mol. The van der Waals surface area contributed by atoms with Gasteiger partial charge in [0.25, 0.3) is 0 Å². The summed E-state index contributed by atoms with van der Waals surface area (Å²) in [6.07, 6.45) is 0. The molecule has 0 aliphatic heterocycles. The van der Waals surface area contributed by atoms with Gasteiger partial charge < -0.3 is 4.74 Å². The van der Waals surface area contributed by atoms with E-state index in [1.807, 2.05) is 51.1 Å². The Kier molecular flexibility index (Phi) is 4.40. The van der Waals surface area contributed by atoms with Crippen LogP contribution in [0.1, 0.15) is 41.6 Å². The highest BCUT2D eigenvalue weighted by Crippen LogP contribution is 2.25. The van der Waals surface area contributed by atoms with Crippen molar-refractivity contribution >= 4 is 11.8 Å². The number of Topliss-reactive ketones (excluding diaryl/α,β-unsaturated/α-hetero) is 1. The third kappa shape index (κ3) is 3.39. The van der Waals surface area contributed by atoms with Crippen LogP contribution in [0.4, 0.5) is 0 Å². The summed E-state index contributed by atoms with van der Waals surface area (Å²) in [6.45, 7) is 5.53. The molecule has 0 radical (unpaired) electrons. The van der Waals surface area contributed by atoms with Gasteiger partial charge in [0.1, 0.15) is 5.69 Å². The standard InChI is InChI=1S/C18H19NO3/c1-18(2,3)16(20)13-10-14(12-8-6-5-7-9-12)19-15(11-13)17(21)22-4/h5-11H,1-4H3. The van der Waals surface area contributed by atoms with Crippen molar-refractivity contribution in [3.05, 3.63) is 53.7 Å². The van der Waals surface area contributed by atoms with E-state index in [1.165, 1.54) is 13.2 Å². The molecule has 0 N–H and O–H groups in total. The smallest absolute Gasteiger partial charge is 0.356 e. The Morgan fingerprint density at radius 1 is 1.05 bits per heavy atom. The number of esters is 1. The topological polar surface area (TPSA) is 56.3 Å². The minimum absolute atomic E-state index is 0.0442. The van der Waals surface area contributed by atoms with Crippen molar-refractivity contribution in [1.29, 1.82) is 0 Å². The summed E-state index contributed by atoms with van der Waals surface area (Å²) in [5.41, 5.74) is 1.48. The third-order valence-corrected chi connectivity index (χ3v) is 3.23. The van der Waals surface area contributed by atoms with Crippen LogP contribution in [-0.4, -0.2) is 23.8 Å². The van der Waals surface area contributed by atoms with Gasteiger partial charge >= 0.3 is 5.97 Å². The number of rotatable bonds is 3. The summed E-state index contributed by atoms with van der Waals surface area (Å²) in [4.78, 5) is 28.7. The summed E-state index contributed by atoms with van der Waals surface area (Å²) in [5, 5.41) is 0. The van der Waals surface area contributed by atoms with Crippen LogP contribution in [0.2, 0.25) is 0 Å². The van der Waals surface area contributed by atoms with Crippen molar-refractivity contribution in [2.75, 3.05) is 7.11 Å². The maximum Gasteiger partial charge on any atom is 0.356 e. The van der Waals surface area contributed by atoms with Crippen molar-refractivity contribution in [2.24, 2.45) is 5.41 Å². The third-order valence-electron chi connectivity index (χ3n) is 3.23. The number of aromatic nitrogens is 1. The van der Waals surface area contributed by atoms with Crippen LogP contribution >= 0.6 is 0 Å². The lowest BCUT2D eigenvalue weighted by Gasteiger charge is -2.17. The Bertz CT molecular complexity index is 700. The van der Waals surface area contributed by atoms with Gasteiger partial charge in [-0.3, -0.25) is 4.79 Å². The molecule has 0 saturated heterocycles. The van der Waals surface area contributed by atoms with Crippen LogP contribution in [0.5, 0.6) is 0 Å². The van der Waals surface area contributed by atoms with Gasteiger partial charge in [-0.25, -0.2) is 9.78 Å². The molecule has 0 bridgehead atoms. The van der Waals surface area contributed by atoms with Crippen molar-refractivity contribution in [3.63, 3.8) is 0 Å². The number of nitrogens with zero attached hydrogens (tertiary/aromatic N) is 1. The van der Waals surface area contributed by atoms with E-state index in [0.29, 0.717) is 11.3 Å². The van der Waals surface area contributed by atoms with Crippen molar-refractivity contribution in [3.8, 4) is 11.3 Å². The molecule has 1 heterocycles. The first-order valence-corrected chi connectivity index (χ1v) is 7.03.